The van der Waals surface area contributed by atoms with Crippen molar-refractivity contribution < 1.29 is 19.6 Å². The Morgan fingerprint density at radius 2 is 2.00 bits per heavy atom. The van der Waals surface area contributed by atoms with Crippen LogP contribution >= 0.6 is 7.80 Å². The van der Waals surface area contributed by atoms with Gasteiger partial charge in [-0.25, -0.2) is 4.79 Å². The standard InChI is InChI=1S/C2H4NO4P/c3-1(4)8(7)2(5)6/h2,5-6H,(H-,3,4)/p+1. The van der Waals surface area contributed by atoms with E-state index in [0.29, 0.717) is 0 Å². The van der Waals surface area contributed by atoms with Crippen molar-refractivity contribution in [3.63, 3.8) is 0 Å². The van der Waals surface area contributed by atoms with Gasteiger partial charge < -0.3 is 15.9 Å². The van der Waals surface area contributed by atoms with Gasteiger partial charge in [0.1, 0.15) is 0 Å². The van der Waals surface area contributed by atoms with Crippen LogP contribution in [-0.4, -0.2) is 21.9 Å². The zero-order valence-corrected chi connectivity index (χ0v) is 4.71. The molecule has 0 rings (SSSR count). The molecule has 4 N–H and O–H groups in total. The molecule has 46 valence electrons. The van der Waals surface area contributed by atoms with Crippen LogP contribution in [0.3, 0.4) is 0 Å². The molecule has 0 aromatic heterocycles. The Morgan fingerprint density at radius 3 is 2.00 bits per heavy atom. The average molecular weight is 138 g/mol. The summed E-state index contributed by atoms with van der Waals surface area (Å²) in [7, 11) is -2.70. The second-order valence-electron chi connectivity index (χ2n) is 1.01. The number of amides is 1. The quantitative estimate of drug-likeness (QED) is 0.342. The zero-order chi connectivity index (χ0) is 6.73. The van der Waals surface area contributed by atoms with E-state index in [4.69, 9.17) is 10.2 Å². The van der Waals surface area contributed by atoms with Crippen molar-refractivity contribution in [1.29, 1.82) is 0 Å². The summed E-state index contributed by atoms with van der Waals surface area (Å²) in [5.74, 6) is 0. The summed E-state index contributed by atoms with van der Waals surface area (Å²) < 4.78 is 10.0. The molecule has 0 bridgehead atoms. The summed E-state index contributed by atoms with van der Waals surface area (Å²) in [6.07, 6.45) is 0. The Balaban J connectivity index is 3.84. The van der Waals surface area contributed by atoms with E-state index in [2.05, 4.69) is 5.73 Å². The van der Waals surface area contributed by atoms with Gasteiger partial charge >= 0.3 is 19.5 Å². The fourth-order valence-corrected chi connectivity index (χ4v) is 0.341. The van der Waals surface area contributed by atoms with Crippen LogP contribution in [0.15, 0.2) is 0 Å². The molecule has 1 atom stereocenters. The minimum Gasteiger partial charge on any atom is -0.328 e. The number of aliphatic hydroxyl groups excluding tert-OH is 1. The molecule has 0 aromatic rings. The normalized spacial score (nSPS) is 11.6. The molecule has 0 heterocycles. The minimum absolute atomic E-state index is 1.20. The van der Waals surface area contributed by atoms with Crippen LogP contribution in [0.1, 0.15) is 0 Å². The maximum atomic E-state index is 10.0. The van der Waals surface area contributed by atoms with Gasteiger partial charge in [0.25, 0.3) is 0 Å². The molecule has 0 radical (unpaired) electrons. The maximum Gasteiger partial charge on any atom is 0.501 e. The van der Waals surface area contributed by atoms with Crippen LogP contribution in [0.25, 0.3) is 0 Å². The molecule has 8 heavy (non-hydrogen) atoms. The summed E-state index contributed by atoms with van der Waals surface area (Å²) in [4.78, 5) is 9.76. The van der Waals surface area contributed by atoms with Crippen LogP contribution < -0.4 is 5.73 Å². The molecule has 0 fully saturated rings. The summed E-state index contributed by atoms with van der Waals surface area (Å²) in [6.45, 7) is 0. The number of nitrogens with two attached hydrogens (primary N) is 1. The molecular formula is C2H5NO4P+. The van der Waals surface area contributed by atoms with Crippen molar-refractivity contribution in [3.05, 3.63) is 0 Å². The third kappa shape index (κ3) is 1.97. The molecule has 0 aliphatic carbocycles. The molecule has 0 aromatic carbocycles. The lowest BCUT2D eigenvalue weighted by molar-refractivity contribution is 0.0331. The number of hydrogen-bond donors (Lipinski definition) is 3. The van der Waals surface area contributed by atoms with Crippen molar-refractivity contribution in [3.8, 4) is 0 Å². The van der Waals surface area contributed by atoms with Gasteiger partial charge in [-0.3, -0.25) is 0 Å². The van der Waals surface area contributed by atoms with E-state index in [1.807, 2.05) is 0 Å². The molecule has 1 amide bonds. The lowest BCUT2D eigenvalue weighted by Gasteiger charge is -1.80. The first-order chi connectivity index (χ1) is 3.55. The van der Waals surface area contributed by atoms with Gasteiger partial charge in [-0.15, -0.1) is 0 Å². The van der Waals surface area contributed by atoms with Gasteiger partial charge in [-0.1, -0.05) is 4.57 Å². The van der Waals surface area contributed by atoms with E-state index in [0.717, 1.165) is 0 Å². The van der Waals surface area contributed by atoms with Gasteiger partial charge in [0.05, 0.1) is 0 Å². The maximum absolute atomic E-state index is 10.0. The smallest absolute Gasteiger partial charge is 0.328 e. The van der Waals surface area contributed by atoms with Crippen LogP contribution in [-0.2, 0) is 4.57 Å². The number of carbonyl (C=O) groups is 1. The Kier molecular flexibility index (Phi) is 2.54. The van der Waals surface area contributed by atoms with Gasteiger partial charge in [0, 0.05) is 0 Å². The summed E-state index contributed by atoms with van der Waals surface area (Å²) >= 11 is 0. The first kappa shape index (κ1) is 7.49. The third-order valence-corrected chi connectivity index (χ3v) is 1.28. The van der Waals surface area contributed by atoms with E-state index in [1.54, 1.807) is 0 Å². The van der Waals surface area contributed by atoms with E-state index in [9.17, 15) is 9.36 Å². The molecule has 1 unspecified atom stereocenters. The molecule has 0 saturated heterocycles. The van der Waals surface area contributed by atoms with E-state index >= 15 is 0 Å². The Bertz CT molecular complexity index is 121. The van der Waals surface area contributed by atoms with Crippen LogP contribution in [0.2, 0.25) is 0 Å². The second kappa shape index (κ2) is 2.71. The number of aliphatic hydroxyl groups is 2. The Morgan fingerprint density at radius 1 is 1.62 bits per heavy atom. The third-order valence-electron chi connectivity index (χ3n) is 0.427. The number of carbonyl (C=O) groups excluding carboxylic acids is 1. The van der Waals surface area contributed by atoms with Gasteiger partial charge in [-0.2, -0.15) is 0 Å². The summed E-state index contributed by atoms with van der Waals surface area (Å²) in [6, 6.07) is -2.12. The zero-order valence-electron chi connectivity index (χ0n) is 3.81. The molecule has 0 saturated carbocycles. The SMILES string of the molecule is NC(=O)[P+](=O)C(O)O. The monoisotopic (exact) mass is 138 g/mol. The fraction of sp³-hybridized carbons (Fsp3) is 0.500. The predicted octanol–water partition coefficient (Wildman–Crippen LogP) is -0.839. The summed E-state index contributed by atoms with van der Waals surface area (Å²) in [5, 5.41) is 15.9. The Hall–Kier alpha value is -0.510. The molecule has 0 aliphatic heterocycles. The first-order valence-electron chi connectivity index (χ1n) is 1.67. The van der Waals surface area contributed by atoms with Gasteiger partial charge in [-0.05, 0) is 0 Å². The largest absolute Gasteiger partial charge is 0.501 e. The van der Waals surface area contributed by atoms with Crippen LogP contribution in [0, 0.1) is 0 Å². The van der Waals surface area contributed by atoms with Gasteiger partial charge in [0.2, 0.25) is 0 Å². The Labute approximate surface area is 45.9 Å². The first-order valence-corrected chi connectivity index (χ1v) is 3.00. The molecular weight excluding hydrogens is 133 g/mol. The van der Waals surface area contributed by atoms with Crippen molar-refractivity contribution in [1.82, 2.24) is 0 Å². The van der Waals surface area contributed by atoms with Crippen molar-refractivity contribution in [2.75, 3.05) is 0 Å². The highest BCUT2D eigenvalue weighted by molar-refractivity contribution is 7.63. The fourth-order valence-electron chi connectivity index (χ4n) is 0.114. The van der Waals surface area contributed by atoms with Crippen molar-refractivity contribution in [2.24, 2.45) is 5.73 Å². The van der Waals surface area contributed by atoms with Crippen molar-refractivity contribution in [2.45, 2.75) is 6.03 Å². The number of hydrogen-bond acceptors (Lipinski definition) is 4. The van der Waals surface area contributed by atoms with Gasteiger partial charge in [0.15, 0.2) is 0 Å². The predicted molar refractivity (Wildman–Crippen MR) is 25.4 cm³/mol. The highest BCUT2D eigenvalue weighted by atomic mass is 31.1. The van der Waals surface area contributed by atoms with Crippen LogP contribution in [0.5, 0.6) is 0 Å². The van der Waals surface area contributed by atoms with E-state index in [-0.39, 0.29) is 0 Å². The lowest BCUT2D eigenvalue weighted by atomic mass is 11.4. The molecule has 5 nitrogen and oxygen atoms in total. The second-order valence-corrected chi connectivity index (χ2v) is 2.56. The van der Waals surface area contributed by atoms with Crippen LogP contribution in [0.4, 0.5) is 4.79 Å². The minimum atomic E-state index is -2.70. The van der Waals surface area contributed by atoms with E-state index < -0.39 is 19.5 Å². The molecule has 6 heteroatoms. The lowest BCUT2D eigenvalue weighted by Crippen LogP contribution is -2.10. The topological polar surface area (TPSA) is 101 Å². The highest BCUT2D eigenvalue weighted by Crippen LogP contribution is 2.22. The molecule has 0 spiro atoms. The van der Waals surface area contributed by atoms with Crippen molar-refractivity contribution >= 4 is 13.4 Å². The number of rotatable bonds is 2. The highest BCUT2D eigenvalue weighted by Gasteiger charge is 2.33. The number of primary amides is 1. The summed E-state index contributed by atoms with van der Waals surface area (Å²) in [5.41, 5.74) is 3.20. The van der Waals surface area contributed by atoms with E-state index in [1.165, 1.54) is 0 Å². The molecule has 0 aliphatic rings. The average Bonchev–Trinajstić information content (AvgIpc) is 1.64.